The van der Waals surface area contributed by atoms with Crippen molar-refractivity contribution in [3.8, 4) is 34.5 Å². The zero-order valence-electron chi connectivity index (χ0n) is 78.1. The molecule has 24 heteroatoms. The number of rotatable bonds is 12. The fourth-order valence-corrected chi connectivity index (χ4v) is 30.1. The molecular weight excluding hydrogens is 1940 g/mol. The summed E-state index contributed by atoms with van der Waals surface area (Å²) in [6, 6.07) is 85.9. The minimum absolute atomic E-state index is 0.0819. The van der Waals surface area contributed by atoms with Crippen LogP contribution in [0.4, 0.5) is 0 Å². The van der Waals surface area contributed by atoms with Crippen LogP contribution in [0.2, 0.25) is 30.1 Å². The van der Waals surface area contributed by atoms with E-state index in [1.807, 2.05) is 47.7 Å². The molecule has 3 N–H and O–H groups in total. The minimum Gasteiger partial charge on any atom is -0.497 e. The van der Waals surface area contributed by atoms with Crippen LogP contribution in [0.25, 0.3) is 60.5 Å². The molecular formula is C113H106Cl6N6O6S6. The molecule has 6 aliphatic heterocycles. The van der Waals surface area contributed by atoms with Gasteiger partial charge in [0.25, 0.3) is 0 Å². The Hall–Kier alpha value is -9.30. The van der Waals surface area contributed by atoms with E-state index in [0.29, 0.717) is 0 Å². The Labute approximate surface area is 855 Å². The van der Waals surface area contributed by atoms with E-state index >= 15 is 0 Å². The average Bonchev–Trinajstić information content (AvgIpc) is 1.68. The standard InChI is InChI=1S/C20H20ClNO2S.C19H18ClNO2S.C19H18ClNOS.C19H18ClNS.C18H16ClNOS.C18H16ClNS/c1-22-9-8-12-10-15(23-2)16(24-3)11-14(12)19(22)20-18(21)13-6-4-5-7-17(13)25-20;1-22-14-9-11-7-8-21-18(13(11)10-15(14)23-2)19-17(20)12-5-3-4-6-16(12)24-19;1-21-10-9-12-11-13(22-2)7-8-14(12)18(21)19-17(20)15-5-3-4-6-16(15)23-19;1-12-7-8-14-13(11-12)9-10-21(2)18(14)19-17(20)15-5-3-4-6-16(15)22-19;1-21-12-6-7-13-11(10-12)8-9-20-17(13)18-16(19)14-4-2-3-5-15(14)22-18;1-11-6-7-13-12(10-11)8-9-20-17(13)18-16(19)14-4-2-3-5-15(14)21-18/h4-7,10-11,19H,8-9H2,1-3H3;3-6,9-10,18,21H,7-8H2,1-2H3;3-8,11,18H,9-10H2,1-2H3;3-8,11,18H,9-10H2,1-2H3;2-7,10,17,20H,8-9H2,1H3;2-7,10,17,20H,8-9H2,1H3. The number of benzene rings is 12. The van der Waals surface area contributed by atoms with E-state index in [4.69, 9.17) is 98.0 Å². The van der Waals surface area contributed by atoms with Gasteiger partial charge >= 0.3 is 0 Å². The number of likely N-dealkylation sites (N-methyl/N-ethyl adjacent to an activating group) is 3. The highest BCUT2D eigenvalue weighted by Gasteiger charge is 2.37. The molecule has 6 aliphatic rings. The molecule has 6 aromatic heterocycles. The van der Waals surface area contributed by atoms with Gasteiger partial charge in [0.05, 0.1) is 109 Å². The number of nitrogens with one attached hydrogen (secondary N) is 3. The van der Waals surface area contributed by atoms with E-state index in [1.165, 1.54) is 141 Å². The molecule has 6 unspecified atom stereocenters. The summed E-state index contributed by atoms with van der Waals surface area (Å²) in [6.45, 7) is 10.3. The van der Waals surface area contributed by atoms with Crippen LogP contribution in [0.3, 0.4) is 0 Å². The molecule has 12 nitrogen and oxygen atoms in total. The second-order valence-corrected chi connectivity index (χ2v) is 44.1. The molecule has 137 heavy (non-hydrogen) atoms. The zero-order valence-corrected chi connectivity index (χ0v) is 87.5. The molecule has 0 fully saturated rings. The third-order valence-corrected chi connectivity index (χ3v) is 37.5. The van der Waals surface area contributed by atoms with Crippen molar-refractivity contribution in [2.45, 2.75) is 88.6 Å². The minimum atomic E-state index is 0.0819. The van der Waals surface area contributed by atoms with Gasteiger partial charge in [0.1, 0.15) is 11.5 Å². The number of nitrogens with zero attached hydrogens (tertiary/aromatic N) is 3. The van der Waals surface area contributed by atoms with Crippen molar-refractivity contribution in [1.82, 2.24) is 30.7 Å². The van der Waals surface area contributed by atoms with Crippen molar-refractivity contribution in [3.63, 3.8) is 0 Å². The van der Waals surface area contributed by atoms with Gasteiger partial charge < -0.3 is 44.4 Å². The van der Waals surface area contributed by atoms with Crippen LogP contribution in [-0.2, 0) is 38.5 Å². The van der Waals surface area contributed by atoms with E-state index in [9.17, 15) is 0 Å². The third kappa shape index (κ3) is 19.5. The van der Waals surface area contributed by atoms with Crippen molar-refractivity contribution in [1.29, 1.82) is 0 Å². The Bertz CT molecular complexity index is 7490. The van der Waals surface area contributed by atoms with E-state index in [2.05, 4.69) is 272 Å². The van der Waals surface area contributed by atoms with Crippen LogP contribution >= 0.6 is 138 Å². The lowest BCUT2D eigenvalue weighted by molar-refractivity contribution is 0.265. The maximum atomic E-state index is 6.78. The Morgan fingerprint density at radius 2 is 0.504 bits per heavy atom. The molecule has 12 aromatic carbocycles. The van der Waals surface area contributed by atoms with Gasteiger partial charge in [-0.2, -0.15) is 0 Å². The highest BCUT2D eigenvalue weighted by Crippen LogP contribution is 2.53. The normalized spacial score (nSPS) is 17.7. The predicted octanol–water partition coefficient (Wildman–Crippen LogP) is 30.4. The van der Waals surface area contributed by atoms with Crippen molar-refractivity contribution < 1.29 is 28.4 Å². The number of fused-ring (bicyclic) bond motifs is 12. The predicted molar refractivity (Wildman–Crippen MR) is 584 cm³/mol. The summed E-state index contributed by atoms with van der Waals surface area (Å²) in [6.07, 6.45) is 6.23. The van der Waals surface area contributed by atoms with Crippen LogP contribution in [0.15, 0.2) is 243 Å². The first-order chi connectivity index (χ1) is 66.7. The van der Waals surface area contributed by atoms with Crippen LogP contribution in [0.1, 0.15) is 143 Å². The van der Waals surface area contributed by atoms with Crippen molar-refractivity contribution in [2.24, 2.45) is 0 Å². The first-order valence-electron chi connectivity index (χ1n) is 46.1. The van der Waals surface area contributed by atoms with Crippen molar-refractivity contribution in [2.75, 3.05) is 103 Å². The SMILES string of the molecule is COc1cc2c(cc1OC)C(c1sc3ccccc3c1Cl)N(C)CC2.COc1cc2c(cc1OC)C(c1sc3ccccc3c1Cl)NCC2.COc1ccc2c(c1)CCN(C)C2c1sc2ccccc2c1Cl.COc1ccc2c(c1)CCNC2c1sc2ccccc2c1Cl.Cc1ccc2c(c1)CCN(C)C2c1sc2ccccc2c1Cl.Cc1ccc2c(c1)CCNC2c1sc2ccccc2c1Cl. The quantitative estimate of drug-likeness (QED) is 0.109. The molecule has 0 saturated carbocycles. The molecule has 0 saturated heterocycles. The number of aryl methyl sites for hydroxylation is 2. The van der Waals surface area contributed by atoms with Gasteiger partial charge in [-0.15, -0.1) is 68.0 Å². The Morgan fingerprint density at radius 1 is 0.255 bits per heavy atom. The maximum Gasteiger partial charge on any atom is 0.161 e. The summed E-state index contributed by atoms with van der Waals surface area (Å²) >= 11 is 51.0. The van der Waals surface area contributed by atoms with Gasteiger partial charge in [0, 0.05) is 129 Å². The smallest absolute Gasteiger partial charge is 0.161 e. The topological polar surface area (TPSA) is 101 Å². The van der Waals surface area contributed by atoms with Gasteiger partial charge in [-0.05, 0) is 225 Å². The van der Waals surface area contributed by atoms with E-state index < -0.39 is 0 Å². The van der Waals surface area contributed by atoms with Gasteiger partial charge in [0.2, 0.25) is 0 Å². The van der Waals surface area contributed by atoms with Gasteiger partial charge in [-0.1, -0.05) is 238 Å². The first kappa shape index (κ1) is 96.6. The van der Waals surface area contributed by atoms with Crippen LogP contribution in [0.5, 0.6) is 34.5 Å². The second kappa shape index (κ2) is 42.6. The number of halogens is 6. The fraction of sp³-hybridized carbons (Fsp3) is 0.257. The molecule has 6 atom stereocenters. The van der Waals surface area contributed by atoms with Crippen LogP contribution in [-0.4, -0.2) is 118 Å². The summed E-state index contributed by atoms with van der Waals surface area (Å²) in [5.41, 5.74) is 18.8. The maximum absolute atomic E-state index is 6.78. The summed E-state index contributed by atoms with van der Waals surface area (Å²) in [5, 5.41) is 23.1. The van der Waals surface area contributed by atoms with Crippen molar-refractivity contribution >= 4 is 198 Å². The molecule has 18 aromatic rings. The van der Waals surface area contributed by atoms with E-state index in [-0.39, 0.29) is 36.3 Å². The van der Waals surface area contributed by atoms with Crippen LogP contribution in [0, 0.1) is 13.8 Å². The lowest BCUT2D eigenvalue weighted by Gasteiger charge is -2.34. The highest BCUT2D eigenvalue weighted by atomic mass is 35.5. The number of ether oxygens (including phenoxy) is 6. The highest BCUT2D eigenvalue weighted by molar-refractivity contribution is 7.22. The summed E-state index contributed by atoms with van der Waals surface area (Å²) in [4.78, 5) is 14.5. The summed E-state index contributed by atoms with van der Waals surface area (Å²) in [7, 11) is 16.7. The molecule has 0 radical (unpaired) electrons. The first-order valence-corrected chi connectivity index (χ1v) is 53.2. The largest absolute Gasteiger partial charge is 0.497 e. The molecule has 12 heterocycles. The molecule has 0 aliphatic carbocycles. The zero-order chi connectivity index (χ0) is 95.0. The number of hydrogen-bond donors (Lipinski definition) is 3. The monoisotopic (exact) mass is 2040 g/mol. The fourth-order valence-electron chi connectivity index (χ4n) is 20.1. The molecule has 24 rings (SSSR count). The Morgan fingerprint density at radius 3 is 0.839 bits per heavy atom. The Balaban J connectivity index is 0.000000105. The van der Waals surface area contributed by atoms with E-state index in [1.54, 1.807) is 99.3 Å². The summed E-state index contributed by atoms with van der Waals surface area (Å²) < 4.78 is 40.2. The summed E-state index contributed by atoms with van der Waals surface area (Å²) in [5.74, 6) is 4.92. The number of thiophene rings is 6. The second-order valence-electron chi connectivity index (χ2n) is 35.3. The third-order valence-electron chi connectivity index (χ3n) is 27.0. The number of hydrogen-bond acceptors (Lipinski definition) is 18. The molecule has 0 bridgehead atoms. The van der Waals surface area contributed by atoms with Crippen molar-refractivity contribution in [3.05, 3.63) is 380 Å². The molecule has 0 amide bonds. The molecule has 0 spiro atoms. The average molecular weight is 2050 g/mol. The van der Waals surface area contributed by atoms with Gasteiger partial charge in [-0.3, -0.25) is 14.7 Å². The van der Waals surface area contributed by atoms with Crippen LogP contribution < -0.4 is 44.4 Å². The molecule has 702 valence electrons. The number of methoxy groups -OCH3 is 6. The van der Waals surface area contributed by atoms with Gasteiger partial charge in [0.15, 0.2) is 23.0 Å². The lowest BCUT2D eigenvalue weighted by atomic mass is 9.90. The van der Waals surface area contributed by atoms with Gasteiger partial charge in [-0.25, -0.2) is 0 Å². The lowest BCUT2D eigenvalue weighted by Crippen LogP contribution is -2.32. The Kier molecular flexibility index (Phi) is 30.0. The van der Waals surface area contributed by atoms with E-state index in [0.717, 1.165) is 169 Å².